The number of carbonyl (C=O) groups is 2. The zero-order valence-corrected chi connectivity index (χ0v) is 12.6. The third kappa shape index (κ3) is 5.83. The van der Waals surface area contributed by atoms with Crippen LogP contribution in [-0.2, 0) is 9.53 Å². The Morgan fingerprint density at radius 3 is 2.48 bits per heavy atom. The summed E-state index contributed by atoms with van der Waals surface area (Å²) in [6.07, 6.45) is 0. The van der Waals surface area contributed by atoms with Crippen molar-refractivity contribution in [3.63, 3.8) is 0 Å². The van der Waals surface area contributed by atoms with Gasteiger partial charge < -0.3 is 15.2 Å². The van der Waals surface area contributed by atoms with E-state index in [2.05, 4.69) is 5.32 Å². The lowest BCUT2D eigenvalue weighted by Crippen LogP contribution is -2.44. The van der Waals surface area contributed by atoms with Crippen molar-refractivity contribution in [2.24, 2.45) is 5.92 Å². The van der Waals surface area contributed by atoms with Gasteiger partial charge in [-0.3, -0.25) is 9.69 Å². The number of carboxylic acids is 1. The second kappa shape index (κ2) is 8.26. The number of amides is 2. The van der Waals surface area contributed by atoms with Gasteiger partial charge in [-0.25, -0.2) is 4.79 Å². The number of nitrogens with one attached hydrogen (secondary N) is 1. The number of nitrogens with zero attached hydrogens (tertiary/aromatic N) is 1. The van der Waals surface area contributed by atoms with E-state index in [1.807, 2.05) is 26.0 Å². The number of carbonyl (C=O) groups excluding carboxylic acids is 1. The van der Waals surface area contributed by atoms with Gasteiger partial charge in [0.1, 0.15) is 6.54 Å². The molecule has 1 atom stereocenters. The minimum Gasteiger partial charge on any atom is -0.480 e. The van der Waals surface area contributed by atoms with Crippen LogP contribution in [0.15, 0.2) is 24.3 Å². The number of benzene rings is 1. The van der Waals surface area contributed by atoms with Gasteiger partial charge in [0, 0.05) is 19.3 Å². The van der Waals surface area contributed by atoms with Gasteiger partial charge in [-0.15, -0.1) is 0 Å². The van der Waals surface area contributed by atoms with Gasteiger partial charge in [0.05, 0.1) is 6.61 Å². The number of aryl methyl sites for hydroxylation is 1. The predicted molar refractivity (Wildman–Crippen MR) is 80.6 cm³/mol. The molecule has 0 radical (unpaired) electrons. The van der Waals surface area contributed by atoms with Crippen molar-refractivity contribution in [2.45, 2.75) is 13.8 Å². The van der Waals surface area contributed by atoms with Crippen molar-refractivity contribution in [3.8, 4) is 0 Å². The van der Waals surface area contributed by atoms with Crippen molar-refractivity contribution in [1.29, 1.82) is 0 Å². The first kappa shape index (κ1) is 17.0. The fourth-order valence-corrected chi connectivity index (χ4v) is 1.84. The molecule has 0 bridgehead atoms. The van der Waals surface area contributed by atoms with Gasteiger partial charge >= 0.3 is 12.0 Å². The molecule has 0 aliphatic rings. The van der Waals surface area contributed by atoms with E-state index < -0.39 is 12.0 Å². The third-order valence-corrected chi connectivity index (χ3v) is 2.94. The van der Waals surface area contributed by atoms with E-state index >= 15 is 0 Å². The fraction of sp³-hybridized carbons (Fsp3) is 0.467. The highest BCUT2D eigenvalue weighted by Gasteiger charge is 2.19. The first-order valence-corrected chi connectivity index (χ1v) is 6.76. The molecule has 2 N–H and O–H groups in total. The minimum absolute atomic E-state index is 0.156. The average molecular weight is 294 g/mol. The van der Waals surface area contributed by atoms with Gasteiger partial charge in [0.25, 0.3) is 0 Å². The summed E-state index contributed by atoms with van der Waals surface area (Å²) in [6.45, 7) is 4.45. The summed E-state index contributed by atoms with van der Waals surface area (Å²) in [5.74, 6) is -0.903. The summed E-state index contributed by atoms with van der Waals surface area (Å²) in [7, 11) is 1.60. The number of rotatable bonds is 7. The molecular formula is C15H22N2O4. The number of carboxylic acid groups (broad SMARTS) is 1. The molecule has 21 heavy (non-hydrogen) atoms. The SMILES string of the molecule is COCC(C)CNC(=O)N(CC(=O)O)c1ccc(C)cc1. The fourth-order valence-electron chi connectivity index (χ4n) is 1.84. The first-order chi connectivity index (χ1) is 9.93. The van der Waals surface area contributed by atoms with Crippen molar-refractivity contribution in [2.75, 3.05) is 31.7 Å². The number of anilines is 1. The lowest BCUT2D eigenvalue weighted by Gasteiger charge is -2.22. The molecule has 0 aromatic heterocycles. The number of ether oxygens (including phenoxy) is 1. The molecule has 0 aliphatic heterocycles. The third-order valence-electron chi connectivity index (χ3n) is 2.94. The zero-order valence-electron chi connectivity index (χ0n) is 12.6. The standard InChI is InChI=1S/C15H22N2O4/c1-11-4-6-13(7-5-11)17(9-14(18)19)15(20)16-8-12(2)10-21-3/h4-7,12H,8-10H2,1-3H3,(H,16,20)(H,18,19). The van der Waals surface area contributed by atoms with E-state index in [9.17, 15) is 9.59 Å². The van der Waals surface area contributed by atoms with Crippen molar-refractivity contribution >= 4 is 17.7 Å². The van der Waals surface area contributed by atoms with Crippen LogP contribution in [0.4, 0.5) is 10.5 Å². The minimum atomic E-state index is -1.06. The lowest BCUT2D eigenvalue weighted by atomic mass is 10.2. The molecule has 0 spiro atoms. The molecule has 0 saturated carbocycles. The molecule has 0 fully saturated rings. The van der Waals surface area contributed by atoms with E-state index in [0.717, 1.165) is 5.56 Å². The number of hydrogen-bond acceptors (Lipinski definition) is 3. The van der Waals surface area contributed by atoms with Gasteiger partial charge in [0.15, 0.2) is 0 Å². The Bertz CT molecular complexity index is 473. The highest BCUT2D eigenvalue weighted by Crippen LogP contribution is 2.15. The normalized spacial score (nSPS) is 11.8. The van der Waals surface area contributed by atoms with Gasteiger partial charge in [-0.1, -0.05) is 24.6 Å². The molecule has 1 rings (SSSR count). The first-order valence-electron chi connectivity index (χ1n) is 6.76. The van der Waals surface area contributed by atoms with Gasteiger partial charge in [0.2, 0.25) is 0 Å². The van der Waals surface area contributed by atoms with Crippen molar-refractivity contribution in [3.05, 3.63) is 29.8 Å². The zero-order chi connectivity index (χ0) is 15.8. The van der Waals surface area contributed by atoms with E-state index in [1.165, 1.54) is 4.90 Å². The Labute approximate surface area is 124 Å². The molecule has 6 heteroatoms. The van der Waals surface area contributed by atoms with Crippen LogP contribution in [0, 0.1) is 12.8 Å². The number of methoxy groups -OCH3 is 1. The van der Waals surface area contributed by atoms with Gasteiger partial charge in [-0.05, 0) is 25.0 Å². The Balaban J connectivity index is 2.75. The van der Waals surface area contributed by atoms with Crippen molar-refractivity contribution in [1.82, 2.24) is 5.32 Å². The second-order valence-electron chi connectivity index (χ2n) is 5.06. The van der Waals surface area contributed by atoms with Crippen molar-refractivity contribution < 1.29 is 19.4 Å². The predicted octanol–water partition coefficient (Wildman–Crippen LogP) is 1.88. The monoisotopic (exact) mass is 294 g/mol. The Hall–Kier alpha value is -2.08. The van der Waals surface area contributed by atoms with E-state index in [4.69, 9.17) is 9.84 Å². The maximum atomic E-state index is 12.2. The summed E-state index contributed by atoms with van der Waals surface area (Å²) in [5.41, 5.74) is 1.60. The van der Waals surface area contributed by atoms with E-state index in [0.29, 0.717) is 18.8 Å². The molecular weight excluding hydrogens is 272 g/mol. The Morgan fingerprint density at radius 2 is 1.95 bits per heavy atom. The van der Waals surface area contributed by atoms with E-state index in [1.54, 1.807) is 19.2 Å². The smallest absolute Gasteiger partial charge is 0.323 e. The van der Waals surface area contributed by atoms with Gasteiger partial charge in [-0.2, -0.15) is 0 Å². The Morgan fingerprint density at radius 1 is 1.33 bits per heavy atom. The van der Waals surface area contributed by atoms with Crippen LogP contribution in [0.5, 0.6) is 0 Å². The molecule has 1 aromatic carbocycles. The Kier molecular flexibility index (Phi) is 6.68. The second-order valence-corrected chi connectivity index (χ2v) is 5.06. The molecule has 0 heterocycles. The van der Waals surface area contributed by atoms with E-state index in [-0.39, 0.29) is 12.5 Å². The highest BCUT2D eigenvalue weighted by molar-refractivity contribution is 5.96. The summed E-state index contributed by atoms with van der Waals surface area (Å²) in [6, 6.07) is 6.72. The maximum absolute atomic E-state index is 12.2. The molecule has 1 unspecified atom stereocenters. The summed E-state index contributed by atoms with van der Waals surface area (Å²) in [4.78, 5) is 24.3. The molecule has 116 valence electrons. The van der Waals surface area contributed by atoms with Crippen LogP contribution in [0.2, 0.25) is 0 Å². The summed E-state index contributed by atoms with van der Waals surface area (Å²) >= 11 is 0. The highest BCUT2D eigenvalue weighted by atomic mass is 16.5. The molecule has 1 aromatic rings. The summed E-state index contributed by atoms with van der Waals surface area (Å²) < 4.78 is 5.00. The average Bonchev–Trinajstić information content (AvgIpc) is 2.43. The van der Waals surface area contributed by atoms with Crippen LogP contribution >= 0.6 is 0 Å². The topological polar surface area (TPSA) is 78.9 Å². The maximum Gasteiger partial charge on any atom is 0.323 e. The van der Waals surface area contributed by atoms with Crippen LogP contribution in [0.3, 0.4) is 0 Å². The van der Waals surface area contributed by atoms with Crippen LogP contribution in [-0.4, -0.2) is 43.9 Å². The largest absolute Gasteiger partial charge is 0.480 e. The van der Waals surface area contributed by atoms with Crippen LogP contribution < -0.4 is 10.2 Å². The number of aliphatic carboxylic acids is 1. The molecule has 0 aliphatic carbocycles. The molecule has 0 saturated heterocycles. The molecule has 2 amide bonds. The van der Waals surface area contributed by atoms with Crippen LogP contribution in [0.25, 0.3) is 0 Å². The van der Waals surface area contributed by atoms with Crippen LogP contribution in [0.1, 0.15) is 12.5 Å². The number of urea groups is 1. The number of hydrogen-bond donors (Lipinski definition) is 2. The quantitative estimate of drug-likeness (QED) is 0.804. The summed E-state index contributed by atoms with van der Waals surface area (Å²) in [5, 5.41) is 11.7. The molecule has 6 nitrogen and oxygen atoms in total. The lowest BCUT2D eigenvalue weighted by molar-refractivity contribution is -0.135.